The third kappa shape index (κ3) is 5.42. The smallest absolute Gasteiger partial charge is 0.272 e. The Labute approximate surface area is 163 Å². The summed E-state index contributed by atoms with van der Waals surface area (Å²) in [4.78, 5) is 19.7. The van der Waals surface area contributed by atoms with E-state index in [-0.39, 0.29) is 22.4 Å². The van der Waals surface area contributed by atoms with E-state index in [1.54, 1.807) is 6.07 Å². The lowest BCUT2D eigenvalue weighted by Gasteiger charge is -2.32. The van der Waals surface area contributed by atoms with E-state index in [0.717, 1.165) is 37.6 Å². The van der Waals surface area contributed by atoms with Gasteiger partial charge in [-0.1, -0.05) is 48.5 Å². The maximum Gasteiger partial charge on any atom is 0.272 e. The number of nitrogens with zero attached hydrogens (tertiary/aromatic N) is 3. The molecule has 0 bridgehead atoms. The monoisotopic (exact) mass is 375 g/mol. The van der Waals surface area contributed by atoms with Crippen molar-refractivity contribution < 1.29 is 0 Å². The molecule has 0 fully saturated rings. The molecule has 0 aliphatic rings. The van der Waals surface area contributed by atoms with E-state index in [1.165, 1.54) is 4.52 Å². The summed E-state index contributed by atoms with van der Waals surface area (Å²) in [7, 11) is 0. The number of hydrogen-bond donors (Lipinski definition) is 2. The van der Waals surface area contributed by atoms with Crippen molar-refractivity contribution in [2.24, 2.45) is 5.41 Å². The van der Waals surface area contributed by atoms with Gasteiger partial charge in [0, 0.05) is 42.4 Å². The van der Waals surface area contributed by atoms with Gasteiger partial charge < -0.3 is 10.2 Å². The van der Waals surface area contributed by atoms with E-state index < -0.39 is 0 Å². The summed E-state index contributed by atoms with van der Waals surface area (Å²) >= 11 is 0. The van der Waals surface area contributed by atoms with E-state index in [1.807, 2.05) is 6.07 Å². The minimum absolute atomic E-state index is 0.0201. The highest BCUT2D eigenvalue weighted by molar-refractivity contribution is 5.41. The minimum Gasteiger partial charge on any atom is -0.308 e. The predicted molar refractivity (Wildman–Crippen MR) is 112 cm³/mol. The molecule has 2 heterocycles. The highest BCUT2D eigenvalue weighted by Crippen LogP contribution is 2.22. The maximum absolute atomic E-state index is 12.5. The lowest BCUT2D eigenvalue weighted by molar-refractivity contribution is 0.184. The van der Waals surface area contributed by atoms with Crippen molar-refractivity contribution in [2.75, 3.05) is 26.2 Å². The topological polar surface area (TPSA) is 65.4 Å². The largest absolute Gasteiger partial charge is 0.308 e. The van der Waals surface area contributed by atoms with Crippen molar-refractivity contribution in [3.63, 3.8) is 0 Å². The van der Waals surface area contributed by atoms with Crippen LogP contribution >= 0.6 is 0 Å². The summed E-state index contributed by atoms with van der Waals surface area (Å²) in [6.45, 7) is 21.4. The molecule has 0 amide bonds. The molecular formula is C21H37N5O. The van der Waals surface area contributed by atoms with Gasteiger partial charge in [0.25, 0.3) is 5.56 Å². The van der Waals surface area contributed by atoms with Crippen LogP contribution in [0.4, 0.5) is 0 Å². The summed E-state index contributed by atoms with van der Waals surface area (Å²) in [5.74, 6) is 0. The Morgan fingerprint density at radius 1 is 1.19 bits per heavy atom. The Balaban J connectivity index is 2.15. The quantitative estimate of drug-likeness (QED) is 0.743. The molecule has 0 aliphatic heterocycles. The third-order valence-corrected chi connectivity index (χ3v) is 5.15. The fourth-order valence-electron chi connectivity index (χ4n) is 3.26. The molecule has 0 saturated heterocycles. The Morgan fingerprint density at radius 2 is 1.81 bits per heavy atom. The lowest BCUT2D eigenvalue weighted by Crippen LogP contribution is -2.41. The summed E-state index contributed by atoms with van der Waals surface area (Å²) < 4.78 is 1.53. The molecule has 27 heavy (non-hydrogen) atoms. The van der Waals surface area contributed by atoms with Crippen LogP contribution in [0, 0.1) is 5.41 Å². The second kappa shape index (κ2) is 8.15. The van der Waals surface area contributed by atoms with E-state index >= 15 is 0 Å². The van der Waals surface area contributed by atoms with Crippen LogP contribution in [0.15, 0.2) is 16.9 Å². The Bertz CT molecular complexity index is 808. The molecular weight excluding hydrogens is 338 g/mol. The number of nitrogens with one attached hydrogen (secondary N) is 2. The number of aromatic nitrogens is 3. The first-order chi connectivity index (χ1) is 12.5. The first-order valence-corrected chi connectivity index (χ1v) is 10.1. The van der Waals surface area contributed by atoms with E-state index in [9.17, 15) is 4.79 Å². The van der Waals surface area contributed by atoms with Crippen molar-refractivity contribution in [1.29, 1.82) is 0 Å². The van der Waals surface area contributed by atoms with Gasteiger partial charge in [-0.2, -0.15) is 0 Å². The molecule has 0 spiro atoms. The summed E-state index contributed by atoms with van der Waals surface area (Å²) in [6.07, 6.45) is 0. The molecule has 0 unspecified atom stereocenters. The molecule has 2 aromatic heterocycles. The highest BCUT2D eigenvalue weighted by atomic mass is 16.1. The van der Waals surface area contributed by atoms with Crippen molar-refractivity contribution in [1.82, 2.24) is 24.8 Å². The molecule has 0 saturated carbocycles. The highest BCUT2D eigenvalue weighted by Gasteiger charge is 2.23. The van der Waals surface area contributed by atoms with Gasteiger partial charge in [-0.15, -0.1) is 0 Å². The van der Waals surface area contributed by atoms with Gasteiger partial charge in [-0.3, -0.25) is 9.89 Å². The van der Waals surface area contributed by atoms with Crippen LogP contribution in [0.3, 0.4) is 0 Å². The summed E-state index contributed by atoms with van der Waals surface area (Å²) in [5.41, 5.74) is 2.49. The molecule has 152 valence electrons. The van der Waals surface area contributed by atoms with Gasteiger partial charge in [0.15, 0.2) is 5.65 Å². The SMILES string of the molecule is CCN(CC)CC(C)(C)CN[C@H](C)c1cc(=O)n2[nH]c(C(C)(C)C)cc2n1. The van der Waals surface area contributed by atoms with Crippen LogP contribution < -0.4 is 10.9 Å². The fourth-order valence-corrected chi connectivity index (χ4v) is 3.26. The zero-order valence-corrected chi connectivity index (χ0v) is 18.3. The minimum atomic E-state index is -0.0680. The maximum atomic E-state index is 12.5. The normalized spacial score (nSPS) is 14.3. The van der Waals surface area contributed by atoms with Gasteiger partial charge in [-0.05, 0) is 25.4 Å². The van der Waals surface area contributed by atoms with Gasteiger partial charge in [0.1, 0.15) is 0 Å². The van der Waals surface area contributed by atoms with Crippen molar-refractivity contribution >= 4 is 5.65 Å². The number of fused-ring (bicyclic) bond motifs is 1. The Morgan fingerprint density at radius 3 is 2.37 bits per heavy atom. The Hall–Kier alpha value is -1.66. The van der Waals surface area contributed by atoms with Crippen LogP contribution in [0.1, 0.15) is 72.8 Å². The number of hydrogen-bond acceptors (Lipinski definition) is 4. The molecule has 1 atom stereocenters. The van der Waals surface area contributed by atoms with Gasteiger partial charge >= 0.3 is 0 Å². The van der Waals surface area contributed by atoms with Gasteiger partial charge in [0.2, 0.25) is 0 Å². The first-order valence-electron chi connectivity index (χ1n) is 10.1. The second-order valence-electron chi connectivity index (χ2n) is 9.36. The summed E-state index contributed by atoms with van der Waals surface area (Å²) in [6, 6.07) is 3.62. The van der Waals surface area contributed by atoms with Crippen LogP contribution in [0.2, 0.25) is 0 Å². The molecule has 0 radical (unpaired) electrons. The molecule has 0 aromatic carbocycles. The molecule has 0 aliphatic carbocycles. The Kier molecular flexibility index (Phi) is 6.53. The predicted octanol–water partition coefficient (Wildman–Crippen LogP) is 3.34. The van der Waals surface area contributed by atoms with E-state index in [2.05, 4.69) is 70.7 Å². The van der Waals surface area contributed by atoms with Crippen LogP contribution in [0.5, 0.6) is 0 Å². The van der Waals surface area contributed by atoms with Gasteiger partial charge in [0.05, 0.1) is 5.69 Å². The average molecular weight is 376 g/mol. The summed E-state index contributed by atoms with van der Waals surface area (Å²) in [5, 5.41) is 6.75. The van der Waals surface area contributed by atoms with Crippen molar-refractivity contribution in [2.45, 2.75) is 66.8 Å². The molecule has 2 N–H and O–H groups in total. The van der Waals surface area contributed by atoms with Crippen molar-refractivity contribution in [3.05, 3.63) is 33.9 Å². The second-order valence-corrected chi connectivity index (χ2v) is 9.36. The van der Waals surface area contributed by atoms with Crippen LogP contribution in [-0.2, 0) is 5.41 Å². The third-order valence-electron chi connectivity index (χ3n) is 5.15. The zero-order valence-electron chi connectivity index (χ0n) is 18.3. The van der Waals surface area contributed by atoms with Crippen LogP contribution in [0.25, 0.3) is 5.65 Å². The van der Waals surface area contributed by atoms with Gasteiger partial charge in [-0.25, -0.2) is 9.50 Å². The standard InChI is InChI=1S/C21H37N5O/c1-9-25(10-2)14-21(7,8)13-22-15(3)16-11-19(27)26-18(23-16)12-17(24-26)20(4,5)6/h11-12,15,22,24H,9-10,13-14H2,1-8H3/t15-/m1/s1. The lowest BCUT2D eigenvalue weighted by atomic mass is 9.92. The molecule has 6 nitrogen and oxygen atoms in total. The van der Waals surface area contributed by atoms with E-state index in [0.29, 0.717) is 5.65 Å². The molecule has 2 aromatic rings. The average Bonchev–Trinajstić information content (AvgIpc) is 3.03. The number of H-pyrrole nitrogens is 1. The van der Waals surface area contributed by atoms with Crippen molar-refractivity contribution in [3.8, 4) is 0 Å². The first kappa shape index (κ1) is 21.6. The van der Waals surface area contributed by atoms with Crippen LogP contribution in [-0.4, -0.2) is 45.7 Å². The zero-order chi connectivity index (χ0) is 20.4. The van der Waals surface area contributed by atoms with E-state index in [4.69, 9.17) is 4.98 Å². The number of rotatable bonds is 8. The molecule has 6 heteroatoms. The molecule has 2 rings (SSSR count). The number of aromatic amines is 1. The fraction of sp³-hybridized carbons (Fsp3) is 0.714.